The topological polar surface area (TPSA) is 72.8 Å². The molecule has 0 aromatic heterocycles. The van der Waals surface area contributed by atoms with E-state index >= 15 is 0 Å². The summed E-state index contributed by atoms with van der Waals surface area (Å²) in [6.45, 7) is 4.13. The van der Waals surface area contributed by atoms with E-state index < -0.39 is 6.10 Å². The number of hydrogen-bond acceptors (Lipinski definition) is 5. The van der Waals surface area contributed by atoms with E-state index in [0.717, 1.165) is 44.9 Å². The quantitative estimate of drug-likeness (QED) is 0.0400. The van der Waals surface area contributed by atoms with Crippen molar-refractivity contribution in [2.45, 2.75) is 225 Å². The molecule has 1 N–H and O–H groups in total. The van der Waals surface area contributed by atoms with Gasteiger partial charge in [0.05, 0.1) is 6.61 Å². The molecule has 0 aliphatic carbocycles. The highest BCUT2D eigenvalue weighted by Gasteiger charge is 2.16. The minimum atomic E-state index is -0.768. The Kier molecular flexibility index (Phi) is 38.5. The maximum atomic E-state index is 12.2. The first-order valence-electron chi connectivity index (χ1n) is 20.9. The van der Waals surface area contributed by atoms with Crippen molar-refractivity contribution in [3.05, 3.63) is 24.3 Å². The molecule has 0 aliphatic heterocycles. The highest BCUT2D eigenvalue weighted by molar-refractivity contribution is 5.70. The summed E-state index contributed by atoms with van der Waals surface area (Å²) in [5, 5.41) is 9.56. The van der Waals surface area contributed by atoms with E-state index in [1.165, 1.54) is 148 Å². The van der Waals surface area contributed by atoms with Gasteiger partial charge in [0.25, 0.3) is 0 Å². The van der Waals surface area contributed by atoms with Crippen LogP contribution < -0.4 is 0 Å². The molecule has 0 spiro atoms. The molecule has 1 atom stereocenters. The summed E-state index contributed by atoms with van der Waals surface area (Å²) >= 11 is 0. The van der Waals surface area contributed by atoms with Crippen LogP contribution in [0.3, 0.4) is 0 Å². The number of allylic oxidation sites excluding steroid dienone is 4. The molecule has 0 fully saturated rings. The van der Waals surface area contributed by atoms with E-state index in [9.17, 15) is 14.7 Å². The molecule has 0 saturated heterocycles. The summed E-state index contributed by atoms with van der Waals surface area (Å²) < 4.78 is 10.6. The van der Waals surface area contributed by atoms with Crippen molar-refractivity contribution in [1.29, 1.82) is 0 Å². The zero-order chi connectivity index (χ0) is 35.0. The van der Waals surface area contributed by atoms with Gasteiger partial charge in [0.15, 0.2) is 6.10 Å². The number of carbonyl (C=O) groups excluding carboxylic acids is 2. The molecule has 0 saturated carbocycles. The standard InChI is InChI=1S/C43H80O5/c1-3-5-7-9-11-13-15-17-19-20-21-22-24-26-28-30-32-34-36-38-43(46)48-41(39-44)40-47-42(45)37-35-33-31-29-27-25-23-18-16-14-12-10-8-6-4-2/h11,13,17,19,41,44H,3-10,12,14-16,18,20-40H2,1-2H3/b13-11-,19-17-/t41-/m0/s1. The summed E-state index contributed by atoms with van der Waals surface area (Å²) in [4.78, 5) is 24.3. The third-order valence-corrected chi connectivity index (χ3v) is 9.25. The Balaban J connectivity index is 3.52. The average molecular weight is 677 g/mol. The lowest BCUT2D eigenvalue weighted by molar-refractivity contribution is -0.161. The summed E-state index contributed by atoms with van der Waals surface area (Å²) in [6, 6.07) is 0. The lowest BCUT2D eigenvalue weighted by Crippen LogP contribution is -2.28. The molecule has 0 unspecified atom stereocenters. The van der Waals surface area contributed by atoms with Crippen molar-refractivity contribution in [2.24, 2.45) is 0 Å². The number of hydrogen-bond donors (Lipinski definition) is 1. The molecule has 5 nitrogen and oxygen atoms in total. The van der Waals surface area contributed by atoms with Crippen molar-refractivity contribution < 1.29 is 24.2 Å². The van der Waals surface area contributed by atoms with Gasteiger partial charge in [0.2, 0.25) is 0 Å². The van der Waals surface area contributed by atoms with Crippen molar-refractivity contribution in [3.63, 3.8) is 0 Å². The highest BCUT2D eigenvalue weighted by Crippen LogP contribution is 2.15. The largest absolute Gasteiger partial charge is 0.462 e. The zero-order valence-electron chi connectivity index (χ0n) is 32.0. The van der Waals surface area contributed by atoms with Gasteiger partial charge in [-0.05, 0) is 44.9 Å². The van der Waals surface area contributed by atoms with Gasteiger partial charge in [-0.15, -0.1) is 0 Å². The number of unbranched alkanes of at least 4 members (excludes halogenated alkanes) is 26. The van der Waals surface area contributed by atoms with Crippen LogP contribution in [0.2, 0.25) is 0 Å². The van der Waals surface area contributed by atoms with Gasteiger partial charge in [-0.25, -0.2) is 0 Å². The van der Waals surface area contributed by atoms with Crippen LogP contribution in [-0.2, 0) is 19.1 Å². The molecule has 5 heteroatoms. The van der Waals surface area contributed by atoms with Gasteiger partial charge in [0, 0.05) is 12.8 Å². The molecule has 0 aromatic carbocycles. The van der Waals surface area contributed by atoms with Crippen LogP contribution in [0.1, 0.15) is 219 Å². The fraction of sp³-hybridized carbons (Fsp3) is 0.860. The smallest absolute Gasteiger partial charge is 0.306 e. The van der Waals surface area contributed by atoms with E-state index in [-0.39, 0.29) is 25.2 Å². The Labute approximate surface area is 298 Å². The van der Waals surface area contributed by atoms with E-state index in [2.05, 4.69) is 38.2 Å². The first-order chi connectivity index (χ1) is 23.6. The first-order valence-corrected chi connectivity index (χ1v) is 20.9. The molecular weight excluding hydrogens is 596 g/mol. The molecule has 282 valence electrons. The summed E-state index contributed by atoms with van der Waals surface area (Å²) in [5.41, 5.74) is 0. The predicted molar refractivity (Wildman–Crippen MR) is 205 cm³/mol. The molecule has 0 heterocycles. The monoisotopic (exact) mass is 677 g/mol. The van der Waals surface area contributed by atoms with Gasteiger partial charge in [-0.2, -0.15) is 0 Å². The van der Waals surface area contributed by atoms with Crippen LogP contribution in [0.5, 0.6) is 0 Å². The Morgan fingerprint density at radius 1 is 0.479 bits per heavy atom. The minimum Gasteiger partial charge on any atom is -0.462 e. The first kappa shape index (κ1) is 46.4. The van der Waals surface area contributed by atoms with Crippen molar-refractivity contribution in [2.75, 3.05) is 13.2 Å². The molecule has 0 aromatic rings. The summed E-state index contributed by atoms with van der Waals surface area (Å²) in [5.74, 6) is -0.586. The van der Waals surface area contributed by atoms with Crippen LogP contribution in [0, 0.1) is 0 Å². The van der Waals surface area contributed by atoms with Crippen LogP contribution in [0.4, 0.5) is 0 Å². The molecule has 48 heavy (non-hydrogen) atoms. The van der Waals surface area contributed by atoms with Crippen molar-refractivity contribution in [1.82, 2.24) is 0 Å². The lowest BCUT2D eigenvalue weighted by atomic mass is 10.0. The third-order valence-electron chi connectivity index (χ3n) is 9.25. The van der Waals surface area contributed by atoms with Gasteiger partial charge < -0.3 is 14.6 Å². The van der Waals surface area contributed by atoms with Crippen molar-refractivity contribution >= 4 is 11.9 Å². The molecule has 0 radical (unpaired) electrons. The van der Waals surface area contributed by atoms with Gasteiger partial charge >= 0.3 is 11.9 Å². The number of aliphatic hydroxyl groups excluding tert-OH is 1. The maximum Gasteiger partial charge on any atom is 0.306 e. The van der Waals surface area contributed by atoms with Crippen LogP contribution in [-0.4, -0.2) is 36.4 Å². The Morgan fingerprint density at radius 3 is 1.27 bits per heavy atom. The molecule has 0 bridgehead atoms. The van der Waals surface area contributed by atoms with E-state index in [0.29, 0.717) is 12.8 Å². The van der Waals surface area contributed by atoms with E-state index in [1.54, 1.807) is 0 Å². The Hall–Kier alpha value is -1.62. The average Bonchev–Trinajstić information content (AvgIpc) is 3.09. The van der Waals surface area contributed by atoms with E-state index in [4.69, 9.17) is 9.47 Å². The number of aliphatic hydroxyl groups is 1. The van der Waals surface area contributed by atoms with Gasteiger partial charge in [0.1, 0.15) is 6.61 Å². The summed E-state index contributed by atoms with van der Waals surface area (Å²) in [6.07, 6.45) is 46.7. The Bertz CT molecular complexity index is 731. The molecule has 0 aliphatic rings. The number of ether oxygens (including phenoxy) is 2. The van der Waals surface area contributed by atoms with Crippen LogP contribution in [0.25, 0.3) is 0 Å². The Morgan fingerprint density at radius 2 is 0.833 bits per heavy atom. The fourth-order valence-corrected chi connectivity index (χ4v) is 6.06. The molecule has 0 rings (SSSR count). The molecule has 0 amide bonds. The second kappa shape index (κ2) is 39.8. The maximum absolute atomic E-state index is 12.2. The molecular formula is C43H80O5. The number of carbonyl (C=O) groups is 2. The summed E-state index contributed by atoms with van der Waals surface area (Å²) in [7, 11) is 0. The normalized spacial score (nSPS) is 12.3. The van der Waals surface area contributed by atoms with Crippen molar-refractivity contribution in [3.8, 4) is 0 Å². The number of esters is 2. The highest BCUT2D eigenvalue weighted by atomic mass is 16.6. The second-order valence-corrected chi connectivity index (χ2v) is 14.1. The van der Waals surface area contributed by atoms with Crippen LogP contribution in [0.15, 0.2) is 24.3 Å². The lowest BCUT2D eigenvalue weighted by Gasteiger charge is -2.15. The van der Waals surface area contributed by atoms with Gasteiger partial charge in [-0.3, -0.25) is 9.59 Å². The number of rotatable bonds is 38. The third kappa shape index (κ3) is 37.2. The second-order valence-electron chi connectivity index (χ2n) is 14.1. The van der Waals surface area contributed by atoms with E-state index in [1.807, 2.05) is 0 Å². The fourth-order valence-electron chi connectivity index (χ4n) is 6.06. The van der Waals surface area contributed by atoms with Gasteiger partial charge in [-0.1, -0.05) is 186 Å². The van der Waals surface area contributed by atoms with Crippen LogP contribution >= 0.6 is 0 Å². The minimum absolute atomic E-state index is 0.0629. The predicted octanol–water partition coefficient (Wildman–Crippen LogP) is 13.1. The SMILES string of the molecule is CCCCC/C=C\C/C=C\CCCCCCCCCCCC(=O)O[C@@H](CO)COC(=O)CCCCCCCCCCCCCCCCC. The zero-order valence-corrected chi connectivity index (χ0v) is 32.0.